The number of amides is 3. The summed E-state index contributed by atoms with van der Waals surface area (Å²) < 4.78 is 12.2. The van der Waals surface area contributed by atoms with Crippen molar-refractivity contribution in [2.75, 3.05) is 20.8 Å². The fourth-order valence-electron chi connectivity index (χ4n) is 5.12. The van der Waals surface area contributed by atoms with Crippen LogP contribution in [0.25, 0.3) is 0 Å². The number of carbonyl (C=O) groups excluding carboxylic acids is 3. The lowest BCUT2D eigenvalue weighted by molar-refractivity contribution is -0.133. The van der Waals surface area contributed by atoms with E-state index in [-0.39, 0.29) is 36.6 Å². The number of aromatic nitrogens is 2. The zero-order valence-electron chi connectivity index (χ0n) is 22.1. The van der Waals surface area contributed by atoms with Crippen LogP contribution >= 0.6 is 0 Å². The molecule has 10 nitrogen and oxygen atoms in total. The van der Waals surface area contributed by atoms with Gasteiger partial charge in [0.2, 0.25) is 5.91 Å². The smallest absolute Gasteiger partial charge is 0.273 e. The van der Waals surface area contributed by atoms with E-state index in [1.807, 2.05) is 6.92 Å². The average molecular weight is 512 g/mol. The van der Waals surface area contributed by atoms with Crippen LogP contribution in [0.15, 0.2) is 24.3 Å². The highest BCUT2D eigenvalue weighted by molar-refractivity contribution is 6.02. The summed E-state index contributed by atoms with van der Waals surface area (Å²) in [4.78, 5) is 41.7. The molecule has 0 bridgehead atoms. The fourth-order valence-corrected chi connectivity index (χ4v) is 5.12. The Labute approximate surface area is 217 Å². The van der Waals surface area contributed by atoms with E-state index in [0.717, 1.165) is 44.1 Å². The first-order valence-corrected chi connectivity index (χ1v) is 13.0. The molecule has 2 aromatic rings. The Bertz CT molecular complexity index is 1160. The Balaban J connectivity index is 1.54. The summed E-state index contributed by atoms with van der Waals surface area (Å²) in [5.41, 5.74) is 0.0971. The minimum atomic E-state index is -1.09. The molecule has 200 valence electrons. The molecule has 1 aliphatic heterocycles. The van der Waals surface area contributed by atoms with Crippen molar-refractivity contribution in [1.82, 2.24) is 25.3 Å². The first kappa shape index (κ1) is 26.5. The minimum Gasteiger partial charge on any atom is -0.497 e. The van der Waals surface area contributed by atoms with Crippen molar-refractivity contribution >= 4 is 17.7 Å². The number of hydrogen-bond donors (Lipinski definition) is 2. The molecule has 0 radical (unpaired) electrons. The van der Waals surface area contributed by atoms with Crippen LogP contribution in [0.5, 0.6) is 11.5 Å². The number of rotatable bonds is 10. The highest BCUT2D eigenvalue weighted by Crippen LogP contribution is 2.29. The summed E-state index contributed by atoms with van der Waals surface area (Å²) in [6.07, 6.45) is 5.79. The van der Waals surface area contributed by atoms with Crippen LogP contribution < -0.4 is 20.1 Å². The minimum absolute atomic E-state index is 0.126. The van der Waals surface area contributed by atoms with Gasteiger partial charge in [0, 0.05) is 30.8 Å². The topological polar surface area (TPSA) is 115 Å². The molecule has 1 atom stereocenters. The molecule has 10 heteroatoms. The van der Waals surface area contributed by atoms with Crippen LogP contribution in [0.2, 0.25) is 0 Å². The molecule has 37 heavy (non-hydrogen) atoms. The lowest BCUT2D eigenvalue weighted by atomic mass is 9.94. The Morgan fingerprint density at radius 3 is 2.59 bits per heavy atom. The quantitative estimate of drug-likeness (QED) is 0.507. The molecule has 2 heterocycles. The number of hydrogen-bond acceptors (Lipinski definition) is 6. The van der Waals surface area contributed by atoms with Crippen molar-refractivity contribution in [2.45, 2.75) is 77.0 Å². The van der Waals surface area contributed by atoms with Gasteiger partial charge in [0.05, 0.1) is 20.8 Å². The Morgan fingerprint density at radius 1 is 1.16 bits per heavy atom. The average Bonchev–Trinajstić information content (AvgIpc) is 3.57. The molecule has 1 aromatic heterocycles. The second kappa shape index (κ2) is 11.2. The highest BCUT2D eigenvalue weighted by atomic mass is 16.5. The zero-order valence-corrected chi connectivity index (χ0v) is 22.1. The molecule has 2 N–H and O–H groups in total. The Hall–Kier alpha value is -3.56. The number of nitrogens with one attached hydrogen (secondary N) is 2. The summed E-state index contributed by atoms with van der Waals surface area (Å²) in [5, 5.41) is 10.4. The Morgan fingerprint density at radius 2 is 1.92 bits per heavy atom. The lowest BCUT2D eigenvalue weighted by Gasteiger charge is -2.43. The molecular weight excluding hydrogens is 474 g/mol. The maximum atomic E-state index is 13.6. The molecule has 0 unspecified atom stereocenters. The van der Waals surface area contributed by atoms with E-state index in [2.05, 4.69) is 15.7 Å². The first-order valence-electron chi connectivity index (χ1n) is 13.0. The molecule has 1 aromatic carbocycles. The number of ether oxygens (including phenoxy) is 2. The molecule has 1 fully saturated rings. The van der Waals surface area contributed by atoms with E-state index >= 15 is 0 Å². The summed E-state index contributed by atoms with van der Waals surface area (Å²) in [5.74, 6) is 0.397. The second-order valence-corrected chi connectivity index (χ2v) is 9.97. The van der Waals surface area contributed by atoms with Gasteiger partial charge in [-0.05, 0) is 44.4 Å². The SMILES string of the molecule is CCCCN1C(=O)c2cc(C(=O)NCc3cc(OC)ccc3OC)nn2C[C@]1(C)C(=O)NC1CCCC1. The van der Waals surface area contributed by atoms with Crippen molar-refractivity contribution < 1.29 is 23.9 Å². The monoisotopic (exact) mass is 511 g/mol. The van der Waals surface area contributed by atoms with Gasteiger partial charge in [-0.15, -0.1) is 0 Å². The van der Waals surface area contributed by atoms with Crippen molar-refractivity contribution in [3.05, 3.63) is 41.2 Å². The molecular formula is C27H37N5O5. The van der Waals surface area contributed by atoms with Crippen LogP contribution in [0.3, 0.4) is 0 Å². The maximum Gasteiger partial charge on any atom is 0.273 e. The molecule has 1 saturated carbocycles. The van der Waals surface area contributed by atoms with E-state index in [9.17, 15) is 14.4 Å². The van der Waals surface area contributed by atoms with Crippen LogP contribution in [-0.2, 0) is 17.9 Å². The van der Waals surface area contributed by atoms with Crippen LogP contribution in [0.4, 0.5) is 0 Å². The van der Waals surface area contributed by atoms with Crippen molar-refractivity contribution in [3.8, 4) is 11.5 Å². The second-order valence-electron chi connectivity index (χ2n) is 9.97. The number of unbranched alkanes of at least 4 members (excludes halogenated alkanes) is 1. The number of nitrogens with zero attached hydrogens (tertiary/aromatic N) is 3. The summed E-state index contributed by atoms with van der Waals surface area (Å²) >= 11 is 0. The summed E-state index contributed by atoms with van der Waals surface area (Å²) in [6, 6.07) is 7.00. The zero-order chi connectivity index (χ0) is 26.6. The Kier molecular flexibility index (Phi) is 8.04. The maximum absolute atomic E-state index is 13.6. The van der Waals surface area contributed by atoms with Crippen LogP contribution in [0.1, 0.15) is 78.9 Å². The van der Waals surface area contributed by atoms with Crippen molar-refractivity contribution in [1.29, 1.82) is 0 Å². The van der Waals surface area contributed by atoms with E-state index in [4.69, 9.17) is 9.47 Å². The summed E-state index contributed by atoms with van der Waals surface area (Å²) in [6.45, 7) is 4.69. The predicted molar refractivity (Wildman–Crippen MR) is 138 cm³/mol. The first-order chi connectivity index (χ1) is 17.8. The summed E-state index contributed by atoms with van der Waals surface area (Å²) in [7, 11) is 3.13. The third-order valence-electron chi connectivity index (χ3n) is 7.37. The highest BCUT2D eigenvalue weighted by Gasteiger charge is 2.48. The van der Waals surface area contributed by atoms with Crippen molar-refractivity contribution in [2.24, 2.45) is 0 Å². The van der Waals surface area contributed by atoms with Crippen LogP contribution in [0, 0.1) is 0 Å². The standard InChI is InChI=1S/C27H37N5O5/c1-5-6-13-31-25(34)22-15-21(24(33)28-16-18-14-20(36-3)11-12-23(18)37-4)30-32(22)17-27(31,2)26(35)29-19-9-7-8-10-19/h11-12,14-15,19H,5-10,13,16-17H2,1-4H3,(H,28,33)(H,29,35)/t27-/m1/s1. The molecule has 4 rings (SSSR count). The van der Waals surface area contributed by atoms with E-state index in [1.165, 1.54) is 10.7 Å². The fraction of sp³-hybridized carbons (Fsp3) is 0.556. The van der Waals surface area contributed by atoms with Crippen LogP contribution in [-0.4, -0.2) is 64.7 Å². The molecule has 1 aliphatic carbocycles. The molecule has 0 spiro atoms. The van der Waals surface area contributed by atoms with Gasteiger partial charge in [0.15, 0.2) is 5.69 Å². The number of methoxy groups -OCH3 is 2. The van der Waals surface area contributed by atoms with Gasteiger partial charge in [0.25, 0.3) is 11.8 Å². The third kappa shape index (κ3) is 5.42. The van der Waals surface area contributed by atoms with Crippen molar-refractivity contribution in [3.63, 3.8) is 0 Å². The van der Waals surface area contributed by atoms with Gasteiger partial charge < -0.3 is 25.0 Å². The normalized spacial score (nSPS) is 19.5. The van der Waals surface area contributed by atoms with Gasteiger partial charge in [-0.1, -0.05) is 26.2 Å². The number of fused-ring (bicyclic) bond motifs is 1. The molecule has 0 saturated heterocycles. The molecule has 3 amide bonds. The third-order valence-corrected chi connectivity index (χ3v) is 7.37. The number of carbonyl (C=O) groups is 3. The predicted octanol–water partition coefficient (Wildman–Crippen LogP) is 2.90. The lowest BCUT2D eigenvalue weighted by Crippen LogP contribution is -2.65. The van der Waals surface area contributed by atoms with Gasteiger partial charge in [-0.3, -0.25) is 19.1 Å². The van der Waals surface area contributed by atoms with E-state index in [1.54, 1.807) is 44.2 Å². The number of benzene rings is 1. The van der Waals surface area contributed by atoms with Gasteiger partial charge in [-0.2, -0.15) is 5.10 Å². The van der Waals surface area contributed by atoms with Gasteiger partial charge >= 0.3 is 0 Å². The largest absolute Gasteiger partial charge is 0.497 e. The van der Waals surface area contributed by atoms with Gasteiger partial charge in [-0.25, -0.2) is 0 Å². The van der Waals surface area contributed by atoms with Gasteiger partial charge in [0.1, 0.15) is 22.7 Å². The van der Waals surface area contributed by atoms with E-state index in [0.29, 0.717) is 23.7 Å². The molecule has 2 aliphatic rings. The van der Waals surface area contributed by atoms with E-state index < -0.39 is 11.4 Å².